The average Bonchev–Trinajstić information content (AvgIpc) is 2.37. The van der Waals surface area contributed by atoms with E-state index in [9.17, 15) is 9.59 Å². The SMILES string of the molecule is CCC[C@@H](NC(=O)/C=C/c1cccnc1)C(=O)O. The molecule has 5 nitrogen and oxygen atoms in total. The highest BCUT2D eigenvalue weighted by molar-refractivity contribution is 5.94. The number of hydrogen-bond acceptors (Lipinski definition) is 3. The molecule has 18 heavy (non-hydrogen) atoms. The molecule has 2 N–H and O–H groups in total. The number of hydrogen-bond donors (Lipinski definition) is 2. The average molecular weight is 248 g/mol. The van der Waals surface area contributed by atoms with Crippen LogP contribution in [0.25, 0.3) is 6.08 Å². The minimum atomic E-state index is -1.01. The van der Waals surface area contributed by atoms with E-state index in [0.29, 0.717) is 12.8 Å². The van der Waals surface area contributed by atoms with Gasteiger partial charge in [0.1, 0.15) is 6.04 Å². The van der Waals surface area contributed by atoms with Gasteiger partial charge in [0.25, 0.3) is 0 Å². The highest BCUT2D eigenvalue weighted by atomic mass is 16.4. The van der Waals surface area contributed by atoms with Gasteiger partial charge in [0.05, 0.1) is 0 Å². The van der Waals surface area contributed by atoms with E-state index < -0.39 is 17.9 Å². The lowest BCUT2D eigenvalue weighted by molar-refractivity contribution is -0.141. The molecule has 0 saturated carbocycles. The summed E-state index contributed by atoms with van der Waals surface area (Å²) in [7, 11) is 0. The van der Waals surface area contributed by atoms with E-state index in [1.165, 1.54) is 6.08 Å². The van der Waals surface area contributed by atoms with Crippen LogP contribution in [0.2, 0.25) is 0 Å². The van der Waals surface area contributed by atoms with Gasteiger partial charge < -0.3 is 10.4 Å². The zero-order valence-electron chi connectivity index (χ0n) is 10.2. The van der Waals surface area contributed by atoms with Gasteiger partial charge in [-0.1, -0.05) is 19.4 Å². The van der Waals surface area contributed by atoms with Crippen molar-refractivity contribution in [3.05, 3.63) is 36.2 Å². The summed E-state index contributed by atoms with van der Waals surface area (Å²) in [5, 5.41) is 11.3. The van der Waals surface area contributed by atoms with Crippen LogP contribution in [0.5, 0.6) is 0 Å². The first-order valence-electron chi connectivity index (χ1n) is 5.75. The smallest absolute Gasteiger partial charge is 0.326 e. The van der Waals surface area contributed by atoms with Crippen LogP contribution in [-0.4, -0.2) is 28.0 Å². The fraction of sp³-hybridized carbons (Fsp3) is 0.308. The Morgan fingerprint density at radius 1 is 1.56 bits per heavy atom. The number of carbonyl (C=O) groups excluding carboxylic acids is 1. The van der Waals surface area contributed by atoms with Crippen molar-refractivity contribution in [2.75, 3.05) is 0 Å². The number of nitrogens with zero attached hydrogens (tertiary/aromatic N) is 1. The summed E-state index contributed by atoms with van der Waals surface area (Å²) in [5.41, 5.74) is 0.787. The van der Waals surface area contributed by atoms with Crippen molar-refractivity contribution in [3.8, 4) is 0 Å². The monoisotopic (exact) mass is 248 g/mol. The second kappa shape index (κ2) is 7.21. The van der Waals surface area contributed by atoms with E-state index in [2.05, 4.69) is 10.3 Å². The quantitative estimate of drug-likeness (QED) is 0.747. The van der Waals surface area contributed by atoms with Gasteiger partial charge in [0.15, 0.2) is 0 Å². The van der Waals surface area contributed by atoms with Gasteiger partial charge in [0.2, 0.25) is 5.91 Å². The Kier molecular flexibility index (Phi) is 5.57. The van der Waals surface area contributed by atoms with Crippen LogP contribution in [0.3, 0.4) is 0 Å². The van der Waals surface area contributed by atoms with E-state index in [-0.39, 0.29) is 0 Å². The summed E-state index contributed by atoms with van der Waals surface area (Å²) in [6.07, 6.45) is 7.27. The first-order valence-corrected chi connectivity index (χ1v) is 5.75. The normalized spacial score (nSPS) is 12.3. The van der Waals surface area contributed by atoms with E-state index in [0.717, 1.165) is 5.56 Å². The Hall–Kier alpha value is -2.17. The lowest BCUT2D eigenvalue weighted by atomic mass is 10.1. The molecule has 1 aromatic rings. The molecular weight excluding hydrogens is 232 g/mol. The molecular formula is C13H16N2O3. The number of amides is 1. The maximum Gasteiger partial charge on any atom is 0.326 e. The van der Waals surface area contributed by atoms with Gasteiger partial charge in [0, 0.05) is 18.5 Å². The summed E-state index contributed by atoms with van der Waals surface area (Å²) in [6.45, 7) is 1.87. The number of aliphatic carboxylic acids is 1. The van der Waals surface area contributed by atoms with Gasteiger partial charge in [-0.2, -0.15) is 0 Å². The Balaban J connectivity index is 2.55. The number of carbonyl (C=O) groups is 2. The van der Waals surface area contributed by atoms with Crippen LogP contribution in [0.1, 0.15) is 25.3 Å². The Labute approximate surface area is 106 Å². The zero-order valence-corrected chi connectivity index (χ0v) is 10.2. The molecule has 0 unspecified atom stereocenters. The molecule has 0 fully saturated rings. The van der Waals surface area contributed by atoms with Crippen molar-refractivity contribution in [2.45, 2.75) is 25.8 Å². The van der Waals surface area contributed by atoms with Crippen LogP contribution in [-0.2, 0) is 9.59 Å². The standard InChI is InChI=1S/C13H16N2O3/c1-2-4-11(13(17)18)15-12(16)7-6-10-5-3-8-14-9-10/h3,5-9,11H,2,4H2,1H3,(H,15,16)(H,17,18)/b7-6+/t11-/m1/s1. The molecule has 96 valence electrons. The van der Waals surface area contributed by atoms with Gasteiger partial charge in [-0.3, -0.25) is 9.78 Å². The van der Waals surface area contributed by atoms with E-state index >= 15 is 0 Å². The van der Waals surface area contributed by atoms with Gasteiger partial charge >= 0.3 is 5.97 Å². The molecule has 0 aliphatic carbocycles. The Morgan fingerprint density at radius 2 is 2.33 bits per heavy atom. The van der Waals surface area contributed by atoms with Gasteiger partial charge in [-0.25, -0.2) is 4.79 Å². The van der Waals surface area contributed by atoms with Crippen molar-refractivity contribution in [1.82, 2.24) is 10.3 Å². The first kappa shape index (κ1) is 13.9. The third kappa shape index (κ3) is 4.78. The minimum Gasteiger partial charge on any atom is -0.480 e. The molecule has 5 heteroatoms. The minimum absolute atomic E-state index is 0.417. The number of aromatic nitrogens is 1. The number of carboxylic acids is 1. The lowest BCUT2D eigenvalue weighted by Crippen LogP contribution is -2.39. The Bertz CT molecular complexity index is 429. The molecule has 0 spiro atoms. The topological polar surface area (TPSA) is 79.3 Å². The van der Waals surface area contributed by atoms with E-state index in [1.54, 1.807) is 30.6 Å². The maximum atomic E-state index is 11.5. The third-order valence-electron chi connectivity index (χ3n) is 2.30. The number of pyridine rings is 1. The number of rotatable bonds is 6. The molecule has 1 atom stereocenters. The lowest BCUT2D eigenvalue weighted by Gasteiger charge is -2.11. The molecule has 0 bridgehead atoms. The predicted octanol–water partition coefficient (Wildman–Crippen LogP) is 1.46. The fourth-order valence-electron chi connectivity index (χ4n) is 1.41. The van der Waals surface area contributed by atoms with Crippen LogP contribution in [0.15, 0.2) is 30.6 Å². The van der Waals surface area contributed by atoms with Crippen LogP contribution < -0.4 is 5.32 Å². The molecule has 0 saturated heterocycles. The van der Waals surface area contributed by atoms with Crippen molar-refractivity contribution >= 4 is 18.0 Å². The Morgan fingerprint density at radius 3 is 2.89 bits per heavy atom. The molecule has 0 aromatic carbocycles. The first-order chi connectivity index (χ1) is 8.63. The van der Waals surface area contributed by atoms with E-state index in [1.807, 2.05) is 6.92 Å². The third-order valence-corrected chi connectivity index (χ3v) is 2.30. The van der Waals surface area contributed by atoms with Crippen LogP contribution in [0, 0.1) is 0 Å². The summed E-state index contributed by atoms with van der Waals surface area (Å²) in [5.74, 6) is -1.43. The highest BCUT2D eigenvalue weighted by Crippen LogP contribution is 2.00. The summed E-state index contributed by atoms with van der Waals surface area (Å²) in [4.78, 5) is 26.3. The van der Waals surface area contributed by atoms with Crippen molar-refractivity contribution in [1.29, 1.82) is 0 Å². The highest BCUT2D eigenvalue weighted by Gasteiger charge is 2.17. The van der Waals surface area contributed by atoms with Gasteiger partial charge in [-0.15, -0.1) is 0 Å². The zero-order chi connectivity index (χ0) is 13.4. The van der Waals surface area contributed by atoms with Gasteiger partial charge in [-0.05, 0) is 24.1 Å². The van der Waals surface area contributed by atoms with Crippen molar-refractivity contribution in [2.24, 2.45) is 0 Å². The molecule has 1 rings (SSSR count). The maximum absolute atomic E-state index is 11.5. The predicted molar refractivity (Wildman–Crippen MR) is 67.7 cm³/mol. The van der Waals surface area contributed by atoms with E-state index in [4.69, 9.17) is 5.11 Å². The number of carboxylic acid groups (broad SMARTS) is 1. The van der Waals surface area contributed by atoms with Crippen molar-refractivity contribution in [3.63, 3.8) is 0 Å². The summed E-state index contributed by atoms with van der Waals surface area (Å²) < 4.78 is 0. The largest absolute Gasteiger partial charge is 0.480 e. The summed E-state index contributed by atoms with van der Waals surface area (Å²) in [6, 6.07) is 2.73. The molecule has 1 aromatic heterocycles. The summed E-state index contributed by atoms with van der Waals surface area (Å²) >= 11 is 0. The number of nitrogens with one attached hydrogen (secondary N) is 1. The molecule has 0 aliphatic heterocycles. The van der Waals surface area contributed by atoms with Crippen LogP contribution >= 0.6 is 0 Å². The van der Waals surface area contributed by atoms with Crippen molar-refractivity contribution < 1.29 is 14.7 Å². The van der Waals surface area contributed by atoms with Crippen LogP contribution in [0.4, 0.5) is 0 Å². The second-order valence-electron chi connectivity index (χ2n) is 3.81. The molecule has 1 heterocycles. The molecule has 0 radical (unpaired) electrons. The second-order valence-corrected chi connectivity index (χ2v) is 3.81. The molecule has 1 amide bonds. The fourth-order valence-corrected chi connectivity index (χ4v) is 1.41. The molecule has 0 aliphatic rings.